The third-order valence-corrected chi connectivity index (χ3v) is 3.98. The number of carbonyl (C=O) groups is 2. The second kappa shape index (κ2) is 5.63. The van der Waals surface area contributed by atoms with E-state index in [9.17, 15) is 9.59 Å². The predicted molar refractivity (Wildman–Crippen MR) is 71.0 cm³/mol. The lowest BCUT2D eigenvalue weighted by Gasteiger charge is -2.24. The van der Waals surface area contributed by atoms with Gasteiger partial charge in [0.05, 0.1) is 24.2 Å². The molecule has 5 heteroatoms. The maximum atomic E-state index is 11.8. The number of fused-ring (bicyclic) bond motifs is 2. The fourth-order valence-corrected chi connectivity index (χ4v) is 2.98. The molecule has 2 saturated heterocycles. The van der Waals surface area contributed by atoms with E-state index < -0.39 is 6.09 Å². The quantitative estimate of drug-likeness (QED) is 0.849. The molecule has 0 aliphatic carbocycles. The molecule has 0 saturated carbocycles. The predicted octanol–water partition coefficient (Wildman–Crippen LogP) is 1.66. The molecule has 1 amide bonds. The van der Waals surface area contributed by atoms with E-state index in [1.807, 2.05) is 30.3 Å². The van der Waals surface area contributed by atoms with Crippen LogP contribution in [0.2, 0.25) is 0 Å². The van der Waals surface area contributed by atoms with E-state index in [0.717, 1.165) is 24.7 Å². The van der Waals surface area contributed by atoms with Crippen molar-refractivity contribution in [3.63, 3.8) is 0 Å². The molecule has 0 radical (unpaired) electrons. The summed E-state index contributed by atoms with van der Waals surface area (Å²) in [6, 6.07) is 9.22. The SMILES string of the molecule is O=CC1C2CC[C@@H](O2)C1NC(=O)OCc1ccccc1. The van der Waals surface area contributed by atoms with E-state index in [2.05, 4.69) is 5.32 Å². The molecule has 2 aliphatic rings. The van der Waals surface area contributed by atoms with Crippen LogP contribution in [0.3, 0.4) is 0 Å². The van der Waals surface area contributed by atoms with Crippen molar-refractivity contribution in [2.45, 2.75) is 37.7 Å². The fraction of sp³-hybridized carbons (Fsp3) is 0.467. The number of hydrogen-bond donors (Lipinski definition) is 1. The molecular weight excluding hydrogens is 258 g/mol. The van der Waals surface area contributed by atoms with Gasteiger partial charge >= 0.3 is 6.09 Å². The molecule has 1 N–H and O–H groups in total. The zero-order valence-corrected chi connectivity index (χ0v) is 11.0. The van der Waals surface area contributed by atoms with Gasteiger partial charge in [-0.05, 0) is 18.4 Å². The maximum Gasteiger partial charge on any atom is 0.407 e. The zero-order chi connectivity index (χ0) is 13.9. The molecule has 1 aromatic carbocycles. The Labute approximate surface area is 117 Å². The second-order valence-corrected chi connectivity index (χ2v) is 5.24. The summed E-state index contributed by atoms with van der Waals surface area (Å²) in [5.74, 6) is -0.252. The summed E-state index contributed by atoms with van der Waals surface area (Å²) >= 11 is 0. The van der Waals surface area contributed by atoms with Crippen LogP contribution in [-0.2, 0) is 20.9 Å². The van der Waals surface area contributed by atoms with Crippen molar-refractivity contribution in [3.05, 3.63) is 35.9 Å². The Balaban J connectivity index is 1.53. The highest BCUT2D eigenvalue weighted by Gasteiger charge is 2.49. The van der Waals surface area contributed by atoms with Crippen LogP contribution in [-0.4, -0.2) is 30.6 Å². The number of alkyl carbamates (subject to hydrolysis) is 1. The topological polar surface area (TPSA) is 64.6 Å². The maximum absolute atomic E-state index is 11.8. The van der Waals surface area contributed by atoms with Crippen molar-refractivity contribution in [3.8, 4) is 0 Å². The summed E-state index contributed by atoms with van der Waals surface area (Å²) < 4.78 is 10.8. The molecule has 3 unspecified atom stereocenters. The van der Waals surface area contributed by atoms with E-state index in [1.165, 1.54) is 0 Å². The third kappa shape index (κ3) is 2.54. The molecule has 2 heterocycles. The smallest absolute Gasteiger partial charge is 0.407 e. The van der Waals surface area contributed by atoms with Crippen LogP contribution < -0.4 is 5.32 Å². The molecule has 2 aliphatic heterocycles. The molecule has 20 heavy (non-hydrogen) atoms. The van der Waals surface area contributed by atoms with E-state index in [4.69, 9.17) is 9.47 Å². The molecular formula is C15H17NO4. The van der Waals surface area contributed by atoms with Crippen LogP contribution >= 0.6 is 0 Å². The Morgan fingerprint density at radius 2 is 2.05 bits per heavy atom. The van der Waals surface area contributed by atoms with Gasteiger partial charge in [-0.1, -0.05) is 30.3 Å². The third-order valence-electron chi connectivity index (χ3n) is 3.98. The monoisotopic (exact) mass is 275 g/mol. The Kier molecular flexibility index (Phi) is 3.69. The lowest BCUT2D eigenvalue weighted by molar-refractivity contribution is -0.112. The molecule has 0 aromatic heterocycles. The summed E-state index contributed by atoms with van der Waals surface area (Å²) in [6.45, 7) is 0.222. The van der Waals surface area contributed by atoms with Gasteiger partial charge < -0.3 is 19.6 Å². The number of rotatable bonds is 4. The van der Waals surface area contributed by atoms with Gasteiger partial charge in [-0.3, -0.25) is 0 Å². The highest BCUT2D eigenvalue weighted by Crippen LogP contribution is 2.38. The second-order valence-electron chi connectivity index (χ2n) is 5.24. The average Bonchev–Trinajstić information content (AvgIpc) is 3.07. The first-order valence-electron chi connectivity index (χ1n) is 6.86. The van der Waals surface area contributed by atoms with Gasteiger partial charge in [-0.25, -0.2) is 4.79 Å². The summed E-state index contributed by atoms with van der Waals surface area (Å²) in [5, 5.41) is 2.76. The first kappa shape index (κ1) is 13.1. The van der Waals surface area contributed by atoms with Gasteiger partial charge in [0.2, 0.25) is 0 Å². The highest BCUT2D eigenvalue weighted by atomic mass is 16.6. The average molecular weight is 275 g/mol. The van der Waals surface area contributed by atoms with Gasteiger partial charge in [0.15, 0.2) is 0 Å². The van der Waals surface area contributed by atoms with E-state index in [1.54, 1.807) is 0 Å². The van der Waals surface area contributed by atoms with Gasteiger partial charge in [0, 0.05) is 0 Å². The van der Waals surface area contributed by atoms with Crippen LogP contribution in [0, 0.1) is 5.92 Å². The van der Waals surface area contributed by atoms with Gasteiger partial charge in [0.1, 0.15) is 12.9 Å². The lowest BCUT2D eigenvalue weighted by atomic mass is 9.86. The summed E-state index contributed by atoms with van der Waals surface area (Å²) in [7, 11) is 0. The highest BCUT2D eigenvalue weighted by molar-refractivity contribution is 5.69. The Hall–Kier alpha value is -1.88. The minimum Gasteiger partial charge on any atom is -0.445 e. The molecule has 2 fully saturated rings. The van der Waals surface area contributed by atoms with E-state index in [0.29, 0.717) is 0 Å². The number of aldehydes is 1. The van der Waals surface area contributed by atoms with Crippen molar-refractivity contribution < 1.29 is 19.1 Å². The lowest BCUT2D eigenvalue weighted by Crippen LogP contribution is -2.47. The van der Waals surface area contributed by atoms with Crippen molar-refractivity contribution in [1.29, 1.82) is 0 Å². The summed E-state index contributed by atoms with van der Waals surface area (Å²) in [6.07, 6.45) is 2.06. The molecule has 1 aromatic rings. The van der Waals surface area contributed by atoms with Gasteiger partial charge in [-0.15, -0.1) is 0 Å². The molecule has 4 atom stereocenters. The zero-order valence-electron chi connectivity index (χ0n) is 11.0. The summed E-state index contributed by atoms with van der Waals surface area (Å²) in [5.41, 5.74) is 0.929. The van der Waals surface area contributed by atoms with Crippen molar-refractivity contribution in [2.24, 2.45) is 5.92 Å². The summed E-state index contributed by atoms with van der Waals surface area (Å²) in [4.78, 5) is 22.9. The van der Waals surface area contributed by atoms with Crippen molar-refractivity contribution in [2.75, 3.05) is 0 Å². The van der Waals surface area contributed by atoms with E-state index >= 15 is 0 Å². The van der Waals surface area contributed by atoms with Crippen LogP contribution in [0.25, 0.3) is 0 Å². The Morgan fingerprint density at radius 1 is 1.30 bits per heavy atom. The molecule has 106 valence electrons. The van der Waals surface area contributed by atoms with Crippen LogP contribution in [0.5, 0.6) is 0 Å². The largest absolute Gasteiger partial charge is 0.445 e. The van der Waals surface area contributed by atoms with Gasteiger partial charge in [-0.2, -0.15) is 0 Å². The standard InChI is InChI=1S/C15H17NO4/c17-8-11-12-6-7-13(20-12)14(11)16-15(18)19-9-10-4-2-1-3-5-10/h1-5,8,11-14H,6-7,9H2,(H,16,18)/t11?,12?,13-,14?/m1/s1. The Bertz CT molecular complexity index is 490. The minimum atomic E-state index is -0.498. The molecule has 3 rings (SSSR count). The number of amides is 1. The Morgan fingerprint density at radius 3 is 2.80 bits per heavy atom. The van der Waals surface area contributed by atoms with Crippen molar-refractivity contribution >= 4 is 12.4 Å². The number of carbonyl (C=O) groups excluding carboxylic acids is 2. The number of ether oxygens (including phenoxy) is 2. The van der Waals surface area contributed by atoms with Crippen LogP contribution in [0.15, 0.2) is 30.3 Å². The van der Waals surface area contributed by atoms with Crippen molar-refractivity contribution in [1.82, 2.24) is 5.32 Å². The molecule has 2 bridgehead atoms. The molecule has 0 spiro atoms. The van der Waals surface area contributed by atoms with Gasteiger partial charge in [0.25, 0.3) is 0 Å². The first-order chi connectivity index (χ1) is 9.78. The molecule has 5 nitrogen and oxygen atoms in total. The normalized spacial score (nSPS) is 31.0. The fourth-order valence-electron chi connectivity index (χ4n) is 2.98. The van der Waals surface area contributed by atoms with Crippen LogP contribution in [0.4, 0.5) is 4.79 Å². The first-order valence-corrected chi connectivity index (χ1v) is 6.86. The number of benzene rings is 1. The minimum absolute atomic E-state index is 0.0445. The number of hydrogen-bond acceptors (Lipinski definition) is 4. The van der Waals surface area contributed by atoms with Crippen LogP contribution in [0.1, 0.15) is 18.4 Å². The van der Waals surface area contributed by atoms with E-state index in [-0.39, 0.29) is 30.8 Å². The number of nitrogens with one attached hydrogen (secondary N) is 1.